The van der Waals surface area contributed by atoms with Crippen LogP contribution >= 0.6 is 0 Å². The standard InChI is InChI=1S/C16H15FN4O/c1-9-2-4-20-7-12(9)11-6-10-3-5-21(16(19)22)8-13(10)15(18)14(11)17/h2-7H,8,18H2,1H3,(H2,19,22). The molecule has 0 radical (unpaired) electrons. The largest absolute Gasteiger partial charge is 0.396 e. The van der Waals surface area contributed by atoms with Crippen molar-refractivity contribution in [3.8, 4) is 11.1 Å². The van der Waals surface area contributed by atoms with Gasteiger partial charge >= 0.3 is 6.03 Å². The Kier molecular flexibility index (Phi) is 3.29. The molecule has 0 saturated carbocycles. The maximum absolute atomic E-state index is 14.7. The third-order valence-corrected chi connectivity index (χ3v) is 3.82. The highest BCUT2D eigenvalue weighted by Gasteiger charge is 2.22. The van der Waals surface area contributed by atoms with Crippen LogP contribution in [0.25, 0.3) is 17.2 Å². The smallest absolute Gasteiger partial charge is 0.319 e. The van der Waals surface area contributed by atoms with Crippen molar-refractivity contribution in [2.24, 2.45) is 5.73 Å². The number of benzene rings is 1. The Labute approximate surface area is 127 Å². The van der Waals surface area contributed by atoms with Crippen LogP contribution in [0.5, 0.6) is 0 Å². The summed E-state index contributed by atoms with van der Waals surface area (Å²) in [7, 11) is 0. The predicted octanol–water partition coefficient (Wildman–Crippen LogP) is 2.64. The second kappa shape index (κ2) is 5.14. The van der Waals surface area contributed by atoms with Crippen LogP contribution in [0.4, 0.5) is 14.9 Å². The summed E-state index contributed by atoms with van der Waals surface area (Å²) in [6.45, 7) is 2.05. The number of urea groups is 1. The van der Waals surface area contributed by atoms with Crippen molar-refractivity contribution in [1.82, 2.24) is 9.88 Å². The number of nitrogens with zero attached hydrogens (tertiary/aromatic N) is 2. The number of nitrogens with two attached hydrogens (primary N) is 2. The van der Waals surface area contributed by atoms with Crippen molar-refractivity contribution < 1.29 is 9.18 Å². The Hall–Kier alpha value is -2.89. The first-order valence-corrected chi connectivity index (χ1v) is 6.75. The zero-order valence-corrected chi connectivity index (χ0v) is 12.0. The van der Waals surface area contributed by atoms with Crippen molar-refractivity contribution in [3.05, 3.63) is 53.2 Å². The first-order chi connectivity index (χ1) is 10.5. The summed E-state index contributed by atoms with van der Waals surface area (Å²) in [6, 6.07) is 2.93. The zero-order valence-electron chi connectivity index (χ0n) is 12.0. The van der Waals surface area contributed by atoms with Crippen LogP contribution in [-0.2, 0) is 6.54 Å². The number of amides is 2. The number of pyridine rings is 1. The van der Waals surface area contributed by atoms with Gasteiger partial charge < -0.3 is 11.5 Å². The molecule has 22 heavy (non-hydrogen) atoms. The summed E-state index contributed by atoms with van der Waals surface area (Å²) in [5, 5.41) is 0. The molecule has 5 nitrogen and oxygen atoms in total. The van der Waals surface area contributed by atoms with Crippen LogP contribution in [-0.4, -0.2) is 15.9 Å². The van der Waals surface area contributed by atoms with Gasteiger partial charge in [-0.1, -0.05) is 0 Å². The highest BCUT2D eigenvalue weighted by molar-refractivity contribution is 5.81. The summed E-state index contributed by atoms with van der Waals surface area (Å²) >= 11 is 0. The van der Waals surface area contributed by atoms with E-state index >= 15 is 0 Å². The van der Waals surface area contributed by atoms with Gasteiger partial charge in [0.2, 0.25) is 0 Å². The molecular formula is C16H15FN4O. The minimum Gasteiger partial charge on any atom is -0.396 e. The third kappa shape index (κ3) is 2.18. The van der Waals surface area contributed by atoms with E-state index in [0.717, 1.165) is 11.1 Å². The summed E-state index contributed by atoms with van der Waals surface area (Å²) in [4.78, 5) is 16.6. The number of carbonyl (C=O) groups excluding carboxylic acids is 1. The Bertz CT molecular complexity index is 801. The van der Waals surface area contributed by atoms with Gasteiger partial charge in [0.05, 0.1) is 12.2 Å². The Morgan fingerprint density at radius 1 is 1.41 bits per heavy atom. The number of halogens is 1. The van der Waals surface area contributed by atoms with E-state index in [9.17, 15) is 9.18 Å². The number of carbonyl (C=O) groups is 1. The molecule has 0 unspecified atom stereocenters. The lowest BCUT2D eigenvalue weighted by atomic mass is 9.94. The van der Waals surface area contributed by atoms with Crippen molar-refractivity contribution in [2.75, 3.05) is 5.73 Å². The van der Waals surface area contributed by atoms with Gasteiger partial charge in [-0.05, 0) is 36.3 Å². The van der Waals surface area contributed by atoms with E-state index in [0.29, 0.717) is 16.7 Å². The topological polar surface area (TPSA) is 85.2 Å². The summed E-state index contributed by atoms with van der Waals surface area (Å²) in [6.07, 6.45) is 6.54. The van der Waals surface area contributed by atoms with Crippen LogP contribution in [0.3, 0.4) is 0 Å². The van der Waals surface area contributed by atoms with Crippen LogP contribution < -0.4 is 11.5 Å². The molecule has 0 fully saturated rings. The maximum Gasteiger partial charge on any atom is 0.319 e. The highest BCUT2D eigenvalue weighted by atomic mass is 19.1. The fraction of sp³-hybridized carbons (Fsp3) is 0.125. The third-order valence-electron chi connectivity index (χ3n) is 3.82. The first-order valence-electron chi connectivity index (χ1n) is 6.75. The molecule has 2 amide bonds. The normalized spacial score (nSPS) is 13.1. The summed E-state index contributed by atoms with van der Waals surface area (Å²) in [5.41, 5.74) is 14.6. The van der Waals surface area contributed by atoms with E-state index in [1.807, 2.05) is 13.0 Å². The van der Waals surface area contributed by atoms with E-state index in [1.165, 1.54) is 4.90 Å². The molecule has 0 bridgehead atoms. The first kappa shape index (κ1) is 14.1. The molecular weight excluding hydrogens is 283 g/mol. The Balaban J connectivity index is 2.17. The van der Waals surface area contributed by atoms with Gasteiger partial charge in [0.15, 0.2) is 5.82 Å². The molecule has 1 aliphatic heterocycles. The molecule has 1 aliphatic rings. The number of rotatable bonds is 1. The second-order valence-corrected chi connectivity index (χ2v) is 5.19. The van der Waals surface area contributed by atoms with Gasteiger partial charge in [-0.3, -0.25) is 9.88 Å². The molecule has 3 rings (SSSR count). The molecule has 2 heterocycles. The fourth-order valence-electron chi connectivity index (χ4n) is 2.55. The lowest BCUT2D eigenvalue weighted by Gasteiger charge is -2.24. The van der Waals surface area contributed by atoms with E-state index in [2.05, 4.69) is 4.98 Å². The van der Waals surface area contributed by atoms with Crippen molar-refractivity contribution in [1.29, 1.82) is 0 Å². The van der Waals surface area contributed by atoms with Crippen molar-refractivity contribution in [3.63, 3.8) is 0 Å². The van der Waals surface area contributed by atoms with Crippen molar-refractivity contribution >= 4 is 17.8 Å². The highest BCUT2D eigenvalue weighted by Crippen LogP contribution is 2.35. The van der Waals surface area contributed by atoms with Crippen LogP contribution in [0.15, 0.2) is 30.7 Å². The monoisotopic (exact) mass is 298 g/mol. The molecule has 4 N–H and O–H groups in total. The number of aromatic nitrogens is 1. The number of hydrogen-bond acceptors (Lipinski definition) is 3. The van der Waals surface area contributed by atoms with Gasteiger partial charge in [0.1, 0.15) is 0 Å². The van der Waals surface area contributed by atoms with E-state index in [4.69, 9.17) is 11.5 Å². The molecule has 112 valence electrons. The summed E-state index contributed by atoms with van der Waals surface area (Å²) in [5.74, 6) is -0.505. The lowest BCUT2D eigenvalue weighted by molar-refractivity contribution is 0.223. The lowest BCUT2D eigenvalue weighted by Crippen LogP contribution is -2.32. The summed E-state index contributed by atoms with van der Waals surface area (Å²) < 4.78 is 14.7. The molecule has 0 atom stereocenters. The number of nitrogen functional groups attached to an aromatic ring is 1. The Morgan fingerprint density at radius 2 is 2.18 bits per heavy atom. The van der Waals surface area contributed by atoms with Crippen LogP contribution in [0.2, 0.25) is 0 Å². The van der Waals surface area contributed by atoms with Gasteiger partial charge in [-0.15, -0.1) is 0 Å². The molecule has 0 saturated heterocycles. The number of fused-ring (bicyclic) bond motifs is 1. The molecule has 1 aromatic heterocycles. The van der Waals surface area contributed by atoms with Gasteiger partial charge in [-0.25, -0.2) is 9.18 Å². The predicted molar refractivity (Wildman–Crippen MR) is 82.9 cm³/mol. The number of anilines is 1. The second-order valence-electron chi connectivity index (χ2n) is 5.19. The average molecular weight is 298 g/mol. The van der Waals surface area contributed by atoms with E-state index < -0.39 is 11.8 Å². The van der Waals surface area contributed by atoms with Crippen LogP contribution in [0.1, 0.15) is 16.7 Å². The zero-order chi connectivity index (χ0) is 15.9. The van der Waals surface area contributed by atoms with Gasteiger partial charge in [0.25, 0.3) is 0 Å². The Morgan fingerprint density at radius 3 is 2.86 bits per heavy atom. The molecule has 1 aromatic carbocycles. The molecule has 2 aromatic rings. The minimum atomic E-state index is -0.603. The van der Waals surface area contributed by atoms with Crippen LogP contribution in [0, 0.1) is 12.7 Å². The number of primary amides is 1. The average Bonchev–Trinajstić information content (AvgIpc) is 2.51. The molecule has 0 spiro atoms. The van der Waals surface area contributed by atoms with Gasteiger partial charge in [0, 0.05) is 35.3 Å². The van der Waals surface area contributed by atoms with Gasteiger partial charge in [-0.2, -0.15) is 0 Å². The van der Waals surface area contributed by atoms with E-state index in [-0.39, 0.29) is 12.2 Å². The number of aryl methyl sites for hydroxylation is 1. The minimum absolute atomic E-state index is 0.0337. The van der Waals surface area contributed by atoms with E-state index in [1.54, 1.807) is 30.7 Å². The fourth-order valence-corrected chi connectivity index (χ4v) is 2.55. The SMILES string of the molecule is Cc1ccncc1-c1cc2c(c(N)c1F)CN(C(N)=O)C=C2. The maximum atomic E-state index is 14.7. The molecule has 6 heteroatoms. The quantitative estimate of drug-likeness (QED) is 0.794. The molecule has 0 aliphatic carbocycles. The van der Waals surface area contributed by atoms with Crippen molar-refractivity contribution in [2.45, 2.75) is 13.5 Å². The number of hydrogen-bond donors (Lipinski definition) is 2.